The van der Waals surface area contributed by atoms with Gasteiger partial charge in [0.15, 0.2) is 0 Å². The number of carboxylic acids is 1. The van der Waals surface area contributed by atoms with Crippen molar-refractivity contribution < 1.29 is 9.90 Å². The highest BCUT2D eigenvalue weighted by Gasteiger charge is 2.23. The number of carboxylic acid groups (broad SMARTS) is 1. The van der Waals surface area contributed by atoms with Gasteiger partial charge in [-0.3, -0.25) is 4.79 Å². The van der Waals surface area contributed by atoms with Crippen LogP contribution in [-0.2, 0) is 11.2 Å². The Bertz CT molecular complexity index is 825. The summed E-state index contributed by atoms with van der Waals surface area (Å²) in [4.78, 5) is 11.8. The highest BCUT2D eigenvalue weighted by atomic mass is 32.1. The lowest BCUT2D eigenvalue weighted by Crippen LogP contribution is -2.21. The molecular weight excluding hydrogens is 306 g/mol. The molecule has 1 aromatic heterocycles. The first-order chi connectivity index (χ1) is 11.2. The maximum Gasteiger partial charge on any atom is 0.312 e. The largest absolute Gasteiger partial charge is 0.481 e. The molecule has 1 atom stereocenters. The molecule has 0 amide bonds. The Balaban J connectivity index is 1.87. The molecule has 0 fully saturated rings. The van der Waals surface area contributed by atoms with Gasteiger partial charge in [0.1, 0.15) is 5.92 Å². The van der Waals surface area contributed by atoms with Crippen molar-refractivity contribution in [3.8, 4) is 0 Å². The third-order valence-electron chi connectivity index (χ3n) is 4.08. The van der Waals surface area contributed by atoms with E-state index >= 15 is 0 Å². The van der Waals surface area contributed by atoms with Crippen molar-refractivity contribution >= 4 is 33.1 Å². The first kappa shape index (κ1) is 15.6. The second kappa shape index (κ2) is 6.84. The van der Waals surface area contributed by atoms with Gasteiger partial charge >= 0.3 is 5.97 Å². The van der Waals surface area contributed by atoms with E-state index in [9.17, 15) is 9.90 Å². The van der Waals surface area contributed by atoms with E-state index in [1.54, 1.807) is 11.3 Å². The molecule has 2 aromatic carbocycles. The van der Waals surface area contributed by atoms with Crippen LogP contribution in [-0.4, -0.2) is 17.6 Å². The number of hydrogen-bond donors (Lipinski definition) is 2. The molecule has 0 aliphatic carbocycles. The van der Waals surface area contributed by atoms with E-state index in [-0.39, 0.29) is 0 Å². The van der Waals surface area contributed by atoms with Gasteiger partial charge in [0, 0.05) is 16.9 Å². The highest BCUT2D eigenvalue weighted by Crippen LogP contribution is 2.32. The maximum absolute atomic E-state index is 11.8. The molecule has 23 heavy (non-hydrogen) atoms. The summed E-state index contributed by atoms with van der Waals surface area (Å²) in [5, 5.41) is 16.0. The van der Waals surface area contributed by atoms with Gasteiger partial charge < -0.3 is 10.4 Å². The second-order valence-corrected chi connectivity index (χ2v) is 6.38. The number of fused-ring (bicyclic) bond motifs is 1. The van der Waals surface area contributed by atoms with Gasteiger partial charge in [-0.05, 0) is 40.4 Å². The number of aliphatic carboxylic acids is 1. The monoisotopic (exact) mass is 325 g/mol. The molecule has 0 aliphatic heterocycles. The molecule has 0 bridgehead atoms. The number of hydrogen-bond acceptors (Lipinski definition) is 3. The minimum Gasteiger partial charge on any atom is -0.481 e. The lowest BCUT2D eigenvalue weighted by atomic mass is 9.98. The predicted molar refractivity (Wildman–Crippen MR) is 96.5 cm³/mol. The van der Waals surface area contributed by atoms with Crippen molar-refractivity contribution in [3.63, 3.8) is 0 Å². The minimum absolute atomic E-state index is 0.382. The molecule has 2 N–H and O–H groups in total. The lowest BCUT2D eigenvalue weighted by Gasteiger charge is -2.16. The third kappa shape index (κ3) is 3.22. The Hall–Kier alpha value is -2.33. The first-order valence-corrected chi connectivity index (χ1v) is 8.59. The van der Waals surface area contributed by atoms with Gasteiger partial charge in [0.25, 0.3) is 0 Å². The predicted octanol–water partition coefficient (Wildman–Crippen LogP) is 4.74. The van der Waals surface area contributed by atoms with Crippen molar-refractivity contribution in [2.45, 2.75) is 19.3 Å². The quantitative estimate of drug-likeness (QED) is 0.688. The molecule has 3 nitrogen and oxygen atoms in total. The van der Waals surface area contributed by atoms with Gasteiger partial charge in [0.05, 0.1) is 0 Å². The SMILES string of the molecule is CCc1ccccc1NCC(C(=O)O)c1csc2ccccc12. The molecule has 0 spiro atoms. The summed E-state index contributed by atoms with van der Waals surface area (Å²) in [6.45, 7) is 2.48. The number of thiophene rings is 1. The average Bonchev–Trinajstić information content (AvgIpc) is 2.99. The van der Waals surface area contributed by atoms with Crippen LogP contribution >= 0.6 is 11.3 Å². The third-order valence-corrected chi connectivity index (χ3v) is 5.06. The van der Waals surface area contributed by atoms with E-state index < -0.39 is 11.9 Å². The number of rotatable bonds is 6. The zero-order valence-electron chi connectivity index (χ0n) is 13.0. The smallest absolute Gasteiger partial charge is 0.312 e. The number of benzene rings is 2. The van der Waals surface area contributed by atoms with Crippen LogP contribution in [0.1, 0.15) is 24.0 Å². The number of para-hydroxylation sites is 1. The zero-order valence-corrected chi connectivity index (χ0v) is 13.8. The molecular formula is C19H19NO2S. The fourth-order valence-electron chi connectivity index (χ4n) is 2.81. The topological polar surface area (TPSA) is 49.3 Å². The fourth-order valence-corrected chi connectivity index (χ4v) is 3.83. The minimum atomic E-state index is -0.796. The molecule has 1 unspecified atom stereocenters. The van der Waals surface area contributed by atoms with Gasteiger partial charge in [-0.2, -0.15) is 0 Å². The van der Waals surface area contributed by atoms with Crippen molar-refractivity contribution in [2.75, 3.05) is 11.9 Å². The fraction of sp³-hybridized carbons (Fsp3) is 0.211. The highest BCUT2D eigenvalue weighted by molar-refractivity contribution is 7.17. The van der Waals surface area contributed by atoms with Crippen LogP contribution in [0.3, 0.4) is 0 Å². The van der Waals surface area contributed by atoms with Crippen LogP contribution < -0.4 is 5.32 Å². The molecule has 0 aliphatic rings. The molecule has 118 valence electrons. The van der Waals surface area contributed by atoms with E-state index in [4.69, 9.17) is 0 Å². The molecule has 3 aromatic rings. The van der Waals surface area contributed by atoms with Crippen LogP contribution in [0.5, 0.6) is 0 Å². The maximum atomic E-state index is 11.8. The van der Waals surface area contributed by atoms with Crippen LogP contribution in [0.4, 0.5) is 5.69 Å². The van der Waals surface area contributed by atoms with Gasteiger partial charge in [-0.1, -0.05) is 43.3 Å². The Morgan fingerprint density at radius 1 is 1.17 bits per heavy atom. The summed E-state index contributed by atoms with van der Waals surface area (Å²) in [6.07, 6.45) is 0.919. The van der Waals surface area contributed by atoms with Crippen LogP contribution in [0.2, 0.25) is 0 Å². The van der Waals surface area contributed by atoms with Gasteiger partial charge in [-0.15, -0.1) is 11.3 Å². The Morgan fingerprint density at radius 2 is 1.91 bits per heavy atom. The Labute approximate surface area is 139 Å². The molecule has 3 rings (SSSR count). The van der Waals surface area contributed by atoms with Gasteiger partial charge in [-0.25, -0.2) is 0 Å². The molecule has 0 saturated heterocycles. The standard InChI is InChI=1S/C19H19NO2S/c1-2-13-7-3-5-9-17(13)20-11-15(19(21)22)16-12-23-18-10-6-4-8-14(16)18/h3-10,12,15,20H,2,11H2,1H3,(H,21,22). The number of carbonyl (C=O) groups is 1. The summed E-state index contributed by atoms with van der Waals surface area (Å²) >= 11 is 1.60. The molecule has 1 heterocycles. The summed E-state index contributed by atoms with van der Waals surface area (Å²) in [7, 11) is 0. The first-order valence-electron chi connectivity index (χ1n) is 7.71. The van der Waals surface area contributed by atoms with Crippen LogP contribution in [0, 0.1) is 0 Å². The van der Waals surface area contributed by atoms with Crippen molar-refractivity contribution in [1.82, 2.24) is 0 Å². The van der Waals surface area contributed by atoms with E-state index in [1.165, 1.54) is 5.56 Å². The average molecular weight is 325 g/mol. The van der Waals surface area contributed by atoms with E-state index in [2.05, 4.69) is 18.3 Å². The van der Waals surface area contributed by atoms with E-state index in [0.717, 1.165) is 27.8 Å². The summed E-state index contributed by atoms with van der Waals surface area (Å²) in [5.74, 6) is -1.36. The Morgan fingerprint density at radius 3 is 2.70 bits per heavy atom. The van der Waals surface area contributed by atoms with Crippen LogP contribution in [0.15, 0.2) is 53.9 Å². The van der Waals surface area contributed by atoms with Crippen molar-refractivity contribution in [2.24, 2.45) is 0 Å². The van der Waals surface area contributed by atoms with Crippen LogP contribution in [0.25, 0.3) is 10.1 Å². The van der Waals surface area contributed by atoms with Crippen molar-refractivity contribution in [1.29, 1.82) is 0 Å². The number of aryl methyl sites for hydroxylation is 1. The second-order valence-electron chi connectivity index (χ2n) is 5.47. The van der Waals surface area contributed by atoms with E-state index in [1.807, 2.05) is 47.8 Å². The lowest BCUT2D eigenvalue weighted by molar-refractivity contribution is -0.138. The normalized spacial score (nSPS) is 12.2. The van der Waals surface area contributed by atoms with Gasteiger partial charge in [0.2, 0.25) is 0 Å². The zero-order chi connectivity index (χ0) is 16.2. The summed E-state index contributed by atoms with van der Waals surface area (Å²) in [5.41, 5.74) is 3.10. The number of nitrogens with one attached hydrogen (secondary N) is 1. The van der Waals surface area contributed by atoms with Crippen molar-refractivity contribution in [3.05, 3.63) is 65.0 Å². The molecule has 0 radical (unpaired) electrons. The summed E-state index contributed by atoms with van der Waals surface area (Å²) in [6, 6.07) is 16.0. The molecule has 4 heteroatoms. The van der Waals surface area contributed by atoms with E-state index in [0.29, 0.717) is 6.54 Å². The number of anilines is 1. The molecule has 0 saturated carbocycles. The Kier molecular flexibility index (Phi) is 4.63. The summed E-state index contributed by atoms with van der Waals surface area (Å²) < 4.78 is 1.13.